The number of rotatable bonds is 1. The molecule has 3 aromatic heterocycles. The molecule has 132 valence electrons. The van der Waals surface area contributed by atoms with Gasteiger partial charge in [-0.3, -0.25) is 0 Å². The lowest BCUT2D eigenvalue weighted by Crippen LogP contribution is -2.31. The number of aryl methyl sites for hydroxylation is 4. The third-order valence-electron chi connectivity index (χ3n) is 5.05. The second-order valence-electron chi connectivity index (χ2n) is 6.86. The average Bonchev–Trinajstić information content (AvgIpc) is 3.08. The first-order valence-electron chi connectivity index (χ1n) is 11.7. The van der Waals surface area contributed by atoms with Crippen LogP contribution in [0.25, 0.3) is 44.2 Å². The molecule has 0 aliphatic heterocycles. The van der Waals surface area contributed by atoms with Gasteiger partial charge in [-0.05, 0) is 50.0 Å². The molecule has 0 bridgehead atoms. The van der Waals surface area contributed by atoms with Crippen LogP contribution < -0.4 is 4.57 Å². The van der Waals surface area contributed by atoms with Crippen molar-refractivity contribution in [1.82, 2.24) is 4.98 Å². The zero-order valence-electron chi connectivity index (χ0n) is 21.0. The van der Waals surface area contributed by atoms with Gasteiger partial charge in [0.25, 0.3) is 0 Å². The standard InChI is InChI=1S/C24H21N2O/c1-14-9-10-18-23-21(12-17-7-5-6-8-19(17)25-23)27-24(18)22(14)20-11-15(2)16(3)13-26(20)4/h5-13H,1-4H3/q+1/i2D3,3D3. The SMILES string of the molecule is [2H]C([2H])([2H])c1cc(-c2c(C)ccc3c2oc2cc4ccccc4nc23)[n+](C)cc1C([2H])([2H])[2H]. The maximum atomic E-state index is 7.95. The van der Waals surface area contributed by atoms with Gasteiger partial charge in [0.1, 0.15) is 12.6 Å². The van der Waals surface area contributed by atoms with E-state index in [4.69, 9.17) is 17.6 Å². The molecule has 3 heteroatoms. The van der Waals surface area contributed by atoms with Gasteiger partial charge in [-0.1, -0.05) is 24.3 Å². The number of benzene rings is 2. The fraction of sp³-hybridized carbons (Fsp3) is 0.167. The Balaban J connectivity index is 1.86. The molecule has 0 unspecified atom stereocenters. The summed E-state index contributed by atoms with van der Waals surface area (Å²) in [5.74, 6) is 0. The smallest absolute Gasteiger partial charge is 0.216 e. The predicted octanol–water partition coefficient (Wildman–Crippen LogP) is 5.55. The van der Waals surface area contributed by atoms with E-state index in [0.29, 0.717) is 22.4 Å². The van der Waals surface area contributed by atoms with Crippen LogP contribution in [-0.2, 0) is 7.05 Å². The Kier molecular flexibility index (Phi) is 2.27. The summed E-state index contributed by atoms with van der Waals surface area (Å²) in [6.07, 6.45) is 1.39. The van der Waals surface area contributed by atoms with Crippen LogP contribution in [0.4, 0.5) is 0 Å². The highest BCUT2D eigenvalue weighted by molar-refractivity contribution is 6.10. The lowest BCUT2D eigenvalue weighted by atomic mass is 9.99. The molecule has 0 saturated carbocycles. The maximum absolute atomic E-state index is 7.95. The molecule has 3 heterocycles. The van der Waals surface area contributed by atoms with Crippen molar-refractivity contribution in [1.29, 1.82) is 0 Å². The van der Waals surface area contributed by atoms with Crippen molar-refractivity contribution >= 4 is 33.0 Å². The minimum atomic E-state index is -2.58. The van der Waals surface area contributed by atoms with Crippen molar-refractivity contribution in [3.63, 3.8) is 0 Å². The van der Waals surface area contributed by atoms with Gasteiger partial charge >= 0.3 is 0 Å². The van der Waals surface area contributed by atoms with Gasteiger partial charge in [0.15, 0.2) is 17.4 Å². The highest BCUT2D eigenvalue weighted by atomic mass is 16.3. The van der Waals surface area contributed by atoms with Gasteiger partial charge in [-0.25, -0.2) is 9.55 Å². The van der Waals surface area contributed by atoms with Crippen LogP contribution in [0.5, 0.6) is 0 Å². The summed E-state index contributed by atoms with van der Waals surface area (Å²) in [6.45, 7) is -3.22. The maximum Gasteiger partial charge on any atom is 0.216 e. The lowest BCUT2D eigenvalue weighted by molar-refractivity contribution is -0.660. The van der Waals surface area contributed by atoms with Gasteiger partial charge in [0.05, 0.1) is 11.1 Å². The predicted molar refractivity (Wildman–Crippen MR) is 110 cm³/mol. The number of nitrogens with zero attached hydrogens (tertiary/aromatic N) is 2. The van der Waals surface area contributed by atoms with E-state index < -0.39 is 13.7 Å². The lowest BCUT2D eigenvalue weighted by Gasteiger charge is -2.07. The minimum absolute atomic E-state index is 0.184. The molecule has 0 atom stereocenters. The first kappa shape index (κ1) is 10.8. The zero-order valence-corrected chi connectivity index (χ0v) is 15.0. The molecular weight excluding hydrogens is 332 g/mol. The Morgan fingerprint density at radius 3 is 2.70 bits per heavy atom. The highest BCUT2D eigenvalue weighted by Gasteiger charge is 2.22. The molecule has 0 aliphatic rings. The highest BCUT2D eigenvalue weighted by Crippen LogP contribution is 2.37. The van der Waals surface area contributed by atoms with Gasteiger partial charge in [-0.2, -0.15) is 0 Å². The molecule has 3 nitrogen and oxygen atoms in total. The molecule has 5 aromatic rings. The number of aromatic nitrogens is 2. The monoisotopic (exact) mass is 359 g/mol. The molecule has 0 saturated heterocycles. The Morgan fingerprint density at radius 2 is 1.85 bits per heavy atom. The van der Waals surface area contributed by atoms with Crippen molar-refractivity contribution in [2.45, 2.75) is 20.6 Å². The third kappa shape index (κ3) is 2.35. The molecule has 0 aliphatic carbocycles. The van der Waals surface area contributed by atoms with E-state index in [-0.39, 0.29) is 11.1 Å². The summed E-state index contributed by atoms with van der Waals surface area (Å²) in [4.78, 5) is 4.79. The normalized spacial score (nSPS) is 15.9. The molecule has 2 aromatic carbocycles. The van der Waals surface area contributed by atoms with Gasteiger partial charge < -0.3 is 4.42 Å². The number of furan rings is 1. The Hall–Kier alpha value is -3.20. The fourth-order valence-electron chi connectivity index (χ4n) is 3.67. The van der Waals surface area contributed by atoms with Gasteiger partial charge in [-0.15, -0.1) is 0 Å². The van der Waals surface area contributed by atoms with Crippen molar-refractivity contribution in [3.05, 3.63) is 71.4 Å². The van der Waals surface area contributed by atoms with Crippen molar-refractivity contribution in [2.24, 2.45) is 7.05 Å². The Bertz CT molecular complexity index is 1560. The molecule has 0 radical (unpaired) electrons. The fourth-order valence-corrected chi connectivity index (χ4v) is 3.67. The van der Waals surface area contributed by atoms with Crippen LogP contribution in [0, 0.1) is 20.6 Å². The first-order chi connectivity index (χ1) is 15.4. The number of para-hydroxylation sites is 1. The number of hydrogen-bond donors (Lipinski definition) is 0. The first-order valence-corrected chi connectivity index (χ1v) is 8.72. The van der Waals surface area contributed by atoms with Crippen LogP contribution in [0.3, 0.4) is 0 Å². The van der Waals surface area contributed by atoms with Crippen LogP contribution in [0.15, 0.2) is 59.1 Å². The van der Waals surface area contributed by atoms with E-state index in [2.05, 4.69) is 0 Å². The third-order valence-corrected chi connectivity index (χ3v) is 5.05. The number of pyridine rings is 2. The molecular formula is C24H21N2O+. The van der Waals surface area contributed by atoms with Gasteiger partial charge in [0.2, 0.25) is 5.69 Å². The van der Waals surface area contributed by atoms with E-state index in [1.165, 1.54) is 12.3 Å². The zero-order chi connectivity index (χ0) is 23.7. The second-order valence-corrected chi connectivity index (χ2v) is 6.86. The average molecular weight is 359 g/mol. The Labute approximate surface area is 166 Å². The summed E-state index contributed by atoms with van der Waals surface area (Å²) in [7, 11) is 1.71. The second kappa shape index (κ2) is 5.65. The van der Waals surface area contributed by atoms with E-state index in [0.717, 1.165) is 27.4 Å². The summed E-state index contributed by atoms with van der Waals surface area (Å²) in [5, 5.41) is 1.77. The molecule has 0 spiro atoms. The van der Waals surface area contributed by atoms with Crippen molar-refractivity contribution < 1.29 is 17.2 Å². The summed E-state index contributed by atoms with van der Waals surface area (Å²) >= 11 is 0. The summed E-state index contributed by atoms with van der Waals surface area (Å²) < 4.78 is 55.3. The summed E-state index contributed by atoms with van der Waals surface area (Å²) in [5.41, 5.74) is 4.56. The summed E-state index contributed by atoms with van der Waals surface area (Å²) in [6, 6.07) is 15.1. The molecule has 0 fully saturated rings. The van der Waals surface area contributed by atoms with Crippen LogP contribution in [-0.4, -0.2) is 4.98 Å². The minimum Gasteiger partial charge on any atom is -0.453 e. The van der Waals surface area contributed by atoms with Crippen LogP contribution in [0.1, 0.15) is 24.9 Å². The molecule has 27 heavy (non-hydrogen) atoms. The Morgan fingerprint density at radius 1 is 1.00 bits per heavy atom. The topological polar surface area (TPSA) is 29.9 Å². The van der Waals surface area contributed by atoms with Crippen molar-refractivity contribution in [3.8, 4) is 11.3 Å². The quantitative estimate of drug-likeness (QED) is 0.367. The van der Waals surface area contributed by atoms with E-state index >= 15 is 0 Å². The number of hydrogen-bond acceptors (Lipinski definition) is 2. The largest absolute Gasteiger partial charge is 0.453 e. The van der Waals surface area contributed by atoms with E-state index in [1.54, 1.807) is 11.6 Å². The van der Waals surface area contributed by atoms with Crippen LogP contribution in [0.2, 0.25) is 0 Å². The van der Waals surface area contributed by atoms with Crippen molar-refractivity contribution in [2.75, 3.05) is 0 Å². The molecule has 0 N–H and O–H groups in total. The van der Waals surface area contributed by atoms with Gasteiger partial charge in [0, 0.05) is 30.6 Å². The van der Waals surface area contributed by atoms with E-state index in [9.17, 15) is 0 Å². The number of fused-ring (bicyclic) bond motifs is 4. The van der Waals surface area contributed by atoms with E-state index in [1.807, 2.05) is 49.4 Å². The molecule has 5 rings (SSSR count). The molecule has 0 amide bonds. The van der Waals surface area contributed by atoms with Crippen LogP contribution >= 0.6 is 0 Å².